The molecule has 6 N–H and O–H groups in total. The van der Waals surface area contributed by atoms with Crippen LogP contribution in [0.4, 0.5) is 5.82 Å². The number of nitrogens with two attached hydrogens (primary N) is 2. The highest BCUT2D eigenvalue weighted by molar-refractivity contribution is 5.84. The molecule has 0 aliphatic rings. The molecule has 9 nitrogen and oxygen atoms in total. The SMILES string of the molecule is NNC(=O)Cn1cnc2c(NN)ncnc21. The fourth-order valence-electron chi connectivity index (χ4n) is 1.30. The summed E-state index contributed by atoms with van der Waals surface area (Å²) in [6.45, 7) is 0.0357. The monoisotopic (exact) mass is 222 g/mol. The maximum absolute atomic E-state index is 11.1. The second kappa shape index (κ2) is 4.08. The highest BCUT2D eigenvalue weighted by Gasteiger charge is 2.10. The number of nitrogens with one attached hydrogen (secondary N) is 2. The summed E-state index contributed by atoms with van der Waals surface area (Å²) in [6.07, 6.45) is 2.80. The number of anilines is 1. The summed E-state index contributed by atoms with van der Waals surface area (Å²) in [4.78, 5) is 23.1. The minimum Gasteiger partial charge on any atom is -0.306 e. The second-order valence-electron chi connectivity index (χ2n) is 2.98. The fraction of sp³-hybridized carbons (Fsp3) is 0.143. The third kappa shape index (κ3) is 1.64. The van der Waals surface area contributed by atoms with Crippen molar-refractivity contribution < 1.29 is 4.79 Å². The molecule has 2 rings (SSSR count). The van der Waals surface area contributed by atoms with E-state index in [0.717, 1.165) is 0 Å². The summed E-state index contributed by atoms with van der Waals surface area (Å²) >= 11 is 0. The van der Waals surface area contributed by atoms with Gasteiger partial charge in [-0.1, -0.05) is 0 Å². The number of aromatic nitrogens is 4. The van der Waals surface area contributed by atoms with Gasteiger partial charge in [0, 0.05) is 0 Å². The first kappa shape index (κ1) is 10.3. The molecule has 0 aromatic carbocycles. The van der Waals surface area contributed by atoms with Crippen LogP contribution in [0.2, 0.25) is 0 Å². The number of rotatable bonds is 3. The first-order valence-electron chi connectivity index (χ1n) is 4.38. The Morgan fingerprint density at radius 2 is 2.19 bits per heavy atom. The summed E-state index contributed by atoms with van der Waals surface area (Å²) in [6, 6.07) is 0. The Bertz CT molecular complexity index is 520. The number of amides is 1. The van der Waals surface area contributed by atoms with Gasteiger partial charge in [0.15, 0.2) is 17.0 Å². The van der Waals surface area contributed by atoms with Crippen molar-refractivity contribution in [2.24, 2.45) is 11.7 Å². The van der Waals surface area contributed by atoms with Gasteiger partial charge in [0.05, 0.1) is 6.33 Å². The summed E-state index contributed by atoms with van der Waals surface area (Å²) in [5.41, 5.74) is 5.42. The van der Waals surface area contributed by atoms with Crippen molar-refractivity contribution in [2.75, 3.05) is 5.43 Å². The summed E-state index contributed by atoms with van der Waals surface area (Å²) in [5.74, 6) is 10.3. The van der Waals surface area contributed by atoms with E-state index in [2.05, 4.69) is 20.4 Å². The number of nitrogen functional groups attached to an aromatic ring is 1. The zero-order chi connectivity index (χ0) is 11.5. The molecule has 2 heterocycles. The molecular weight excluding hydrogens is 212 g/mol. The largest absolute Gasteiger partial charge is 0.306 e. The lowest BCUT2D eigenvalue weighted by atomic mass is 10.5. The van der Waals surface area contributed by atoms with Gasteiger partial charge < -0.3 is 9.99 Å². The topological polar surface area (TPSA) is 137 Å². The third-order valence-electron chi connectivity index (χ3n) is 2.01. The molecule has 0 atom stereocenters. The normalized spacial score (nSPS) is 10.4. The first-order valence-corrected chi connectivity index (χ1v) is 4.38. The van der Waals surface area contributed by atoms with Crippen molar-refractivity contribution in [2.45, 2.75) is 6.54 Å². The number of nitrogens with zero attached hydrogens (tertiary/aromatic N) is 4. The Hall–Kier alpha value is -2.26. The Balaban J connectivity index is 2.45. The van der Waals surface area contributed by atoms with Crippen LogP contribution in [-0.4, -0.2) is 25.4 Å². The van der Waals surface area contributed by atoms with E-state index in [-0.39, 0.29) is 12.5 Å². The maximum Gasteiger partial charge on any atom is 0.253 e. The summed E-state index contributed by atoms with van der Waals surface area (Å²) in [7, 11) is 0. The van der Waals surface area contributed by atoms with E-state index < -0.39 is 0 Å². The van der Waals surface area contributed by atoms with E-state index in [1.807, 2.05) is 5.43 Å². The standard InChI is InChI=1S/C7H10N8O/c8-13-4(16)1-15-3-12-5-6(14-9)10-2-11-7(5)15/h2-3H,1,8-9H2,(H,13,16)(H,10,11,14). The molecule has 0 bridgehead atoms. The zero-order valence-corrected chi connectivity index (χ0v) is 8.21. The predicted molar refractivity (Wildman–Crippen MR) is 55.5 cm³/mol. The number of fused-ring (bicyclic) bond motifs is 1. The van der Waals surface area contributed by atoms with Crippen molar-refractivity contribution >= 4 is 22.9 Å². The highest BCUT2D eigenvalue weighted by Crippen LogP contribution is 2.15. The Labute approximate surface area is 89.8 Å². The zero-order valence-electron chi connectivity index (χ0n) is 8.21. The van der Waals surface area contributed by atoms with Crippen molar-refractivity contribution in [3.63, 3.8) is 0 Å². The molecule has 0 saturated heterocycles. The highest BCUT2D eigenvalue weighted by atomic mass is 16.2. The molecule has 0 radical (unpaired) electrons. The van der Waals surface area contributed by atoms with Gasteiger partial charge in [0.2, 0.25) is 0 Å². The minimum absolute atomic E-state index is 0.0357. The van der Waals surface area contributed by atoms with Crippen LogP contribution in [0.3, 0.4) is 0 Å². The molecule has 9 heteroatoms. The molecule has 0 spiro atoms. The van der Waals surface area contributed by atoms with E-state index in [1.54, 1.807) is 4.57 Å². The molecule has 2 aromatic rings. The molecule has 2 aromatic heterocycles. The number of carbonyl (C=O) groups is 1. The van der Waals surface area contributed by atoms with E-state index in [9.17, 15) is 4.79 Å². The number of hydrogen-bond acceptors (Lipinski definition) is 7. The molecule has 84 valence electrons. The minimum atomic E-state index is -0.347. The van der Waals surface area contributed by atoms with Crippen molar-refractivity contribution in [3.8, 4) is 0 Å². The average Bonchev–Trinajstić information content (AvgIpc) is 2.72. The Morgan fingerprint density at radius 3 is 2.88 bits per heavy atom. The van der Waals surface area contributed by atoms with Crippen LogP contribution in [0.1, 0.15) is 0 Å². The molecule has 16 heavy (non-hydrogen) atoms. The average molecular weight is 222 g/mol. The van der Waals surface area contributed by atoms with Crippen LogP contribution >= 0.6 is 0 Å². The summed E-state index contributed by atoms with van der Waals surface area (Å²) < 4.78 is 1.54. The van der Waals surface area contributed by atoms with E-state index >= 15 is 0 Å². The number of imidazole rings is 1. The lowest BCUT2D eigenvalue weighted by molar-refractivity contribution is -0.121. The van der Waals surface area contributed by atoms with Gasteiger partial charge in [0.1, 0.15) is 12.9 Å². The lowest BCUT2D eigenvalue weighted by Gasteiger charge is -2.02. The lowest BCUT2D eigenvalue weighted by Crippen LogP contribution is -2.33. The number of carbonyl (C=O) groups excluding carboxylic acids is 1. The van der Waals surface area contributed by atoms with Gasteiger partial charge >= 0.3 is 0 Å². The van der Waals surface area contributed by atoms with Crippen LogP contribution in [0.25, 0.3) is 11.2 Å². The van der Waals surface area contributed by atoms with Crippen LogP contribution in [0.5, 0.6) is 0 Å². The Morgan fingerprint density at radius 1 is 1.38 bits per heavy atom. The number of hydrazine groups is 2. The van der Waals surface area contributed by atoms with Crippen molar-refractivity contribution in [1.82, 2.24) is 24.9 Å². The Kier molecular flexibility index (Phi) is 2.62. The van der Waals surface area contributed by atoms with Crippen LogP contribution in [0, 0.1) is 0 Å². The molecule has 0 unspecified atom stereocenters. The first-order chi connectivity index (χ1) is 7.76. The van der Waals surface area contributed by atoms with Crippen LogP contribution < -0.4 is 22.5 Å². The third-order valence-corrected chi connectivity index (χ3v) is 2.01. The quantitative estimate of drug-likeness (QED) is 0.270. The van der Waals surface area contributed by atoms with Gasteiger partial charge in [-0.05, 0) is 0 Å². The molecule has 0 saturated carbocycles. The van der Waals surface area contributed by atoms with Crippen LogP contribution in [0.15, 0.2) is 12.7 Å². The molecule has 1 amide bonds. The fourth-order valence-corrected chi connectivity index (χ4v) is 1.30. The molecule has 0 fully saturated rings. The van der Waals surface area contributed by atoms with Gasteiger partial charge in [-0.25, -0.2) is 26.6 Å². The van der Waals surface area contributed by atoms with E-state index in [1.165, 1.54) is 12.7 Å². The van der Waals surface area contributed by atoms with Crippen LogP contribution in [-0.2, 0) is 11.3 Å². The molecule has 0 aliphatic carbocycles. The smallest absolute Gasteiger partial charge is 0.253 e. The van der Waals surface area contributed by atoms with E-state index in [4.69, 9.17) is 11.7 Å². The number of hydrogen-bond donors (Lipinski definition) is 4. The van der Waals surface area contributed by atoms with Gasteiger partial charge in [-0.3, -0.25) is 10.2 Å². The van der Waals surface area contributed by atoms with Crippen molar-refractivity contribution in [1.29, 1.82) is 0 Å². The second-order valence-corrected chi connectivity index (χ2v) is 2.98. The van der Waals surface area contributed by atoms with Crippen molar-refractivity contribution in [3.05, 3.63) is 12.7 Å². The van der Waals surface area contributed by atoms with E-state index in [0.29, 0.717) is 17.0 Å². The van der Waals surface area contributed by atoms with Gasteiger partial charge in [0.25, 0.3) is 5.91 Å². The molecule has 0 aliphatic heterocycles. The summed E-state index contributed by atoms with van der Waals surface area (Å²) in [5, 5.41) is 0. The van der Waals surface area contributed by atoms with Gasteiger partial charge in [-0.15, -0.1) is 0 Å². The maximum atomic E-state index is 11.1. The predicted octanol–water partition coefficient (Wildman–Crippen LogP) is -1.90. The molecular formula is C7H10N8O. The van der Waals surface area contributed by atoms with Gasteiger partial charge in [-0.2, -0.15) is 0 Å².